The van der Waals surface area contributed by atoms with Gasteiger partial charge in [0.1, 0.15) is 0 Å². The molecule has 4 heteroatoms. The van der Waals surface area contributed by atoms with E-state index in [0.717, 1.165) is 57.8 Å². The molecule has 0 aliphatic heterocycles. The van der Waals surface area contributed by atoms with Crippen molar-refractivity contribution in [2.75, 3.05) is 0 Å². The van der Waals surface area contributed by atoms with E-state index < -0.39 is 5.79 Å². The minimum Gasteiger partial charge on any atom is -0.228 e. The van der Waals surface area contributed by atoms with E-state index in [1.54, 1.807) is 0 Å². The molecular formula is C23H46O4. The zero-order valence-electron chi connectivity index (χ0n) is 19.6. The Hall–Kier alpha value is -0.160. The SMILES string of the molecule is CCCCC(C)(C)OOC1(OOC(C)(C)CCCC)CC(C)CC(C)(C)C1. The van der Waals surface area contributed by atoms with Crippen molar-refractivity contribution in [3.05, 3.63) is 0 Å². The Balaban J connectivity index is 2.86. The molecule has 27 heavy (non-hydrogen) atoms. The summed E-state index contributed by atoms with van der Waals surface area (Å²) in [7, 11) is 0. The number of unbranched alkanes of at least 4 members (excludes halogenated alkanes) is 2. The summed E-state index contributed by atoms with van der Waals surface area (Å²) in [5.41, 5.74) is -0.560. The van der Waals surface area contributed by atoms with Gasteiger partial charge in [-0.3, -0.25) is 0 Å². The molecule has 1 rings (SSSR count). The maximum Gasteiger partial charge on any atom is 0.234 e. The first-order valence-electron chi connectivity index (χ1n) is 11.1. The summed E-state index contributed by atoms with van der Waals surface area (Å²) in [4.78, 5) is 24.1. The maximum atomic E-state index is 6.09. The Morgan fingerprint density at radius 2 is 1.26 bits per heavy atom. The van der Waals surface area contributed by atoms with Crippen LogP contribution < -0.4 is 0 Å². The van der Waals surface area contributed by atoms with Crippen LogP contribution in [0.25, 0.3) is 0 Å². The molecule has 1 aliphatic rings. The Morgan fingerprint density at radius 3 is 1.63 bits per heavy atom. The van der Waals surface area contributed by atoms with Crippen LogP contribution in [-0.4, -0.2) is 17.0 Å². The molecule has 1 atom stereocenters. The monoisotopic (exact) mass is 386 g/mol. The number of hydrogen-bond acceptors (Lipinski definition) is 4. The van der Waals surface area contributed by atoms with Crippen molar-refractivity contribution in [1.82, 2.24) is 0 Å². The van der Waals surface area contributed by atoms with Gasteiger partial charge in [0.05, 0.1) is 11.2 Å². The summed E-state index contributed by atoms with van der Waals surface area (Å²) in [6, 6.07) is 0. The van der Waals surface area contributed by atoms with Gasteiger partial charge in [0.15, 0.2) is 0 Å². The van der Waals surface area contributed by atoms with E-state index in [2.05, 4.69) is 62.3 Å². The normalized spacial score (nSPS) is 22.8. The minimum atomic E-state index is -0.853. The molecule has 0 aromatic rings. The quantitative estimate of drug-likeness (QED) is 0.199. The van der Waals surface area contributed by atoms with Crippen molar-refractivity contribution >= 4 is 0 Å². The molecule has 0 saturated heterocycles. The molecular weight excluding hydrogens is 340 g/mol. The predicted molar refractivity (Wildman–Crippen MR) is 111 cm³/mol. The standard InChI is InChI=1S/C23H46O4/c1-10-12-14-21(6,7)24-26-23(17-19(3)16-20(4,5)18-23)27-25-22(8,9)15-13-11-2/h19H,10-18H2,1-9H3. The number of hydrogen-bond donors (Lipinski definition) is 0. The lowest BCUT2D eigenvalue weighted by Crippen LogP contribution is -2.49. The molecule has 0 aromatic heterocycles. The molecule has 1 fully saturated rings. The van der Waals surface area contributed by atoms with Gasteiger partial charge >= 0.3 is 0 Å². The molecule has 1 aliphatic carbocycles. The third kappa shape index (κ3) is 9.25. The Bertz CT molecular complexity index is 404. The highest BCUT2D eigenvalue weighted by Crippen LogP contribution is 2.47. The number of rotatable bonds is 12. The van der Waals surface area contributed by atoms with Crippen LogP contribution in [0.4, 0.5) is 0 Å². The summed E-state index contributed by atoms with van der Waals surface area (Å²) >= 11 is 0. The van der Waals surface area contributed by atoms with Gasteiger partial charge in [-0.1, -0.05) is 60.3 Å². The van der Waals surface area contributed by atoms with Crippen molar-refractivity contribution in [2.45, 2.75) is 137 Å². The molecule has 0 aromatic carbocycles. The Labute approximate surface area is 168 Å². The fourth-order valence-corrected chi connectivity index (χ4v) is 4.23. The lowest BCUT2D eigenvalue weighted by molar-refractivity contribution is -0.553. The van der Waals surface area contributed by atoms with Crippen molar-refractivity contribution in [3.63, 3.8) is 0 Å². The fraction of sp³-hybridized carbons (Fsp3) is 1.00. The zero-order valence-corrected chi connectivity index (χ0v) is 19.6. The van der Waals surface area contributed by atoms with Gasteiger partial charge in [-0.15, -0.1) is 0 Å². The van der Waals surface area contributed by atoms with Crippen LogP contribution in [-0.2, 0) is 19.6 Å². The van der Waals surface area contributed by atoms with E-state index >= 15 is 0 Å². The predicted octanol–water partition coefficient (Wildman–Crippen LogP) is 7.36. The smallest absolute Gasteiger partial charge is 0.228 e. The molecule has 1 saturated carbocycles. The van der Waals surface area contributed by atoms with E-state index in [9.17, 15) is 0 Å². The van der Waals surface area contributed by atoms with Crippen molar-refractivity contribution < 1.29 is 19.6 Å². The van der Waals surface area contributed by atoms with E-state index in [-0.39, 0.29) is 16.6 Å². The zero-order chi connectivity index (χ0) is 20.8. The summed E-state index contributed by atoms with van der Waals surface area (Å²) in [5, 5.41) is 0. The van der Waals surface area contributed by atoms with Crippen molar-refractivity contribution in [2.24, 2.45) is 11.3 Å². The third-order valence-corrected chi connectivity index (χ3v) is 5.41. The first kappa shape index (κ1) is 24.9. The highest BCUT2D eigenvalue weighted by molar-refractivity contribution is 4.88. The maximum absolute atomic E-state index is 6.09. The van der Waals surface area contributed by atoms with E-state index in [1.807, 2.05) is 0 Å². The second kappa shape index (κ2) is 10.0. The van der Waals surface area contributed by atoms with Crippen LogP contribution in [0, 0.1) is 11.3 Å². The Morgan fingerprint density at radius 1 is 0.815 bits per heavy atom. The fourth-order valence-electron chi connectivity index (χ4n) is 4.23. The van der Waals surface area contributed by atoms with Gasteiger partial charge in [0.25, 0.3) is 0 Å². The second-order valence-electron chi connectivity index (χ2n) is 10.8. The highest BCUT2D eigenvalue weighted by atomic mass is 17.3. The van der Waals surface area contributed by atoms with Gasteiger partial charge in [-0.2, -0.15) is 9.78 Å². The van der Waals surface area contributed by atoms with Crippen molar-refractivity contribution in [1.29, 1.82) is 0 Å². The van der Waals surface area contributed by atoms with E-state index in [1.165, 1.54) is 0 Å². The van der Waals surface area contributed by atoms with E-state index in [0.29, 0.717) is 5.92 Å². The summed E-state index contributed by atoms with van der Waals surface area (Å²) in [6.07, 6.45) is 9.14. The third-order valence-electron chi connectivity index (χ3n) is 5.41. The first-order valence-corrected chi connectivity index (χ1v) is 11.1. The van der Waals surface area contributed by atoms with Gasteiger partial charge in [-0.05, 0) is 58.3 Å². The molecule has 1 unspecified atom stereocenters. The van der Waals surface area contributed by atoms with Crippen LogP contribution in [0.2, 0.25) is 0 Å². The van der Waals surface area contributed by atoms with Crippen LogP contribution in [0.1, 0.15) is 120 Å². The van der Waals surface area contributed by atoms with Gasteiger partial charge < -0.3 is 0 Å². The highest BCUT2D eigenvalue weighted by Gasteiger charge is 2.49. The molecule has 0 bridgehead atoms. The molecule has 0 radical (unpaired) electrons. The Kier molecular flexibility index (Phi) is 9.26. The minimum absolute atomic E-state index is 0.117. The van der Waals surface area contributed by atoms with Gasteiger partial charge in [-0.25, -0.2) is 9.78 Å². The molecule has 0 amide bonds. The largest absolute Gasteiger partial charge is 0.234 e. The van der Waals surface area contributed by atoms with Crippen molar-refractivity contribution in [3.8, 4) is 0 Å². The van der Waals surface area contributed by atoms with Crippen LogP contribution >= 0.6 is 0 Å². The molecule has 4 nitrogen and oxygen atoms in total. The molecule has 0 spiro atoms. The van der Waals surface area contributed by atoms with Gasteiger partial charge in [0, 0.05) is 12.8 Å². The average Bonchev–Trinajstić information content (AvgIpc) is 2.53. The molecule has 0 N–H and O–H groups in total. The van der Waals surface area contributed by atoms with Crippen LogP contribution in [0.15, 0.2) is 0 Å². The average molecular weight is 387 g/mol. The lowest BCUT2D eigenvalue weighted by atomic mass is 9.70. The summed E-state index contributed by atoms with van der Waals surface area (Å²) in [6.45, 7) is 19.5. The van der Waals surface area contributed by atoms with Crippen LogP contribution in [0.5, 0.6) is 0 Å². The second-order valence-corrected chi connectivity index (χ2v) is 10.8. The van der Waals surface area contributed by atoms with Gasteiger partial charge in [0.2, 0.25) is 5.79 Å². The molecule has 162 valence electrons. The topological polar surface area (TPSA) is 36.9 Å². The summed E-state index contributed by atoms with van der Waals surface area (Å²) < 4.78 is 0. The lowest BCUT2D eigenvalue weighted by Gasteiger charge is -2.46. The summed E-state index contributed by atoms with van der Waals surface area (Å²) in [5.74, 6) is -0.368. The molecule has 0 heterocycles. The van der Waals surface area contributed by atoms with Crippen LogP contribution in [0.3, 0.4) is 0 Å². The first-order chi connectivity index (χ1) is 12.3. The van der Waals surface area contributed by atoms with E-state index in [4.69, 9.17) is 19.6 Å².